The molecule has 1 heterocycles. The molecule has 0 amide bonds. The Kier molecular flexibility index (Phi) is 6.33. The Bertz CT molecular complexity index is 533. The van der Waals surface area contributed by atoms with Crippen LogP contribution in [-0.4, -0.2) is 22.1 Å². The summed E-state index contributed by atoms with van der Waals surface area (Å²) in [6.07, 6.45) is 3.02. The number of aryl methyl sites for hydroxylation is 1. The molecule has 2 aromatic rings. The highest BCUT2D eigenvalue weighted by atomic mass is 32.2. The SMILES string of the molecule is CCCNC(c1ccc(SCC)cc1)c1ccnn1CC. The zero-order chi connectivity index (χ0) is 15.1. The minimum atomic E-state index is 0.216. The molecule has 0 radical (unpaired) electrons. The lowest BCUT2D eigenvalue weighted by atomic mass is 10.0. The van der Waals surface area contributed by atoms with E-state index in [1.807, 2.05) is 18.0 Å². The van der Waals surface area contributed by atoms with Crippen LogP contribution in [0.3, 0.4) is 0 Å². The van der Waals surface area contributed by atoms with Crippen molar-refractivity contribution in [1.29, 1.82) is 0 Å². The van der Waals surface area contributed by atoms with Crippen LogP contribution in [0.1, 0.15) is 44.5 Å². The highest BCUT2D eigenvalue weighted by Crippen LogP contribution is 2.25. The average Bonchev–Trinajstić information content (AvgIpc) is 2.98. The lowest BCUT2D eigenvalue weighted by Crippen LogP contribution is -2.25. The molecular weight excluding hydrogens is 278 g/mol. The van der Waals surface area contributed by atoms with Gasteiger partial charge in [-0.25, -0.2) is 0 Å². The number of aromatic nitrogens is 2. The van der Waals surface area contributed by atoms with E-state index in [-0.39, 0.29) is 6.04 Å². The second kappa shape index (κ2) is 8.25. The van der Waals surface area contributed by atoms with Gasteiger partial charge in [-0.2, -0.15) is 5.10 Å². The molecule has 1 aromatic carbocycles. The molecule has 0 fully saturated rings. The molecule has 1 aromatic heterocycles. The lowest BCUT2D eigenvalue weighted by Gasteiger charge is -2.20. The maximum Gasteiger partial charge on any atom is 0.0748 e. The largest absolute Gasteiger partial charge is 0.305 e. The summed E-state index contributed by atoms with van der Waals surface area (Å²) in [6, 6.07) is 11.2. The van der Waals surface area contributed by atoms with Crippen LogP contribution >= 0.6 is 11.8 Å². The minimum absolute atomic E-state index is 0.216. The van der Waals surface area contributed by atoms with Crippen LogP contribution in [0.2, 0.25) is 0 Å². The van der Waals surface area contributed by atoms with E-state index in [1.54, 1.807) is 0 Å². The average molecular weight is 303 g/mol. The molecule has 21 heavy (non-hydrogen) atoms. The van der Waals surface area contributed by atoms with E-state index in [1.165, 1.54) is 16.2 Å². The van der Waals surface area contributed by atoms with E-state index >= 15 is 0 Å². The van der Waals surface area contributed by atoms with E-state index in [4.69, 9.17) is 0 Å². The van der Waals surface area contributed by atoms with Gasteiger partial charge in [0, 0.05) is 17.6 Å². The van der Waals surface area contributed by atoms with Crippen molar-refractivity contribution in [2.75, 3.05) is 12.3 Å². The summed E-state index contributed by atoms with van der Waals surface area (Å²) in [5, 5.41) is 8.06. The summed E-state index contributed by atoms with van der Waals surface area (Å²) in [5.74, 6) is 1.11. The fourth-order valence-corrected chi connectivity index (χ4v) is 3.12. The Balaban J connectivity index is 2.26. The lowest BCUT2D eigenvalue weighted by molar-refractivity contribution is 0.529. The normalized spacial score (nSPS) is 12.5. The molecule has 0 spiro atoms. The van der Waals surface area contributed by atoms with E-state index in [0.29, 0.717) is 0 Å². The van der Waals surface area contributed by atoms with Crippen LogP contribution in [-0.2, 0) is 6.54 Å². The van der Waals surface area contributed by atoms with E-state index in [0.717, 1.165) is 25.3 Å². The highest BCUT2D eigenvalue weighted by molar-refractivity contribution is 7.99. The zero-order valence-corrected chi connectivity index (χ0v) is 14.0. The van der Waals surface area contributed by atoms with Gasteiger partial charge in [0.05, 0.1) is 11.7 Å². The molecule has 0 aliphatic heterocycles. The van der Waals surface area contributed by atoms with Gasteiger partial charge in [-0.1, -0.05) is 26.0 Å². The minimum Gasteiger partial charge on any atom is -0.305 e. The third kappa shape index (κ3) is 4.11. The van der Waals surface area contributed by atoms with Crippen LogP contribution in [0.5, 0.6) is 0 Å². The smallest absolute Gasteiger partial charge is 0.0748 e. The van der Waals surface area contributed by atoms with Crippen molar-refractivity contribution in [3.8, 4) is 0 Å². The quantitative estimate of drug-likeness (QED) is 0.745. The fourth-order valence-electron chi connectivity index (χ4n) is 2.46. The number of thioether (sulfide) groups is 1. The van der Waals surface area contributed by atoms with Crippen molar-refractivity contribution in [3.63, 3.8) is 0 Å². The van der Waals surface area contributed by atoms with Crippen molar-refractivity contribution in [1.82, 2.24) is 15.1 Å². The number of rotatable bonds is 8. The van der Waals surface area contributed by atoms with Gasteiger partial charge >= 0.3 is 0 Å². The predicted octanol–water partition coefficient (Wildman–Crippen LogP) is 4.10. The first-order chi connectivity index (χ1) is 10.3. The van der Waals surface area contributed by atoms with Gasteiger partial charge in [-0.05, 0) is 49.4 Å². The fraction of sp³-hybridized carbons (Fsp3) is 0.471. The third-order valence-electron chi connectivity index (χ3n) is 3.47. The maximum atomic E-state index is 4.41. The van der Waals surface area contributed by atoms with Crippen LogP contribution in [0.15, 0.2) is 41.4 Å². The first-order valence-corrected chi connectivity index (χ1v) is 8.76. The van der Waals surface area contributed by atoms with Gasteiger partial charge in [0.15, 0.2) is 0 Å². The highest BCUT2D eigenvalue weighted by Gasteiger charge is 2.17. The Morgan fingerprint density at radius 3 is 2.52 bits per heavy atom. The molecule has 0 aliphatic rings. The first-order valence-electron chi connectivity index (χ1n) is 7.78. The summed E-state index contributed by atoms with van der Waals surface area (Å²) in [7, 11) is 0. The molecule has 1 unspecified atom stereocenters. The second-order valence-corrected chi connectivity index (χ2v) is 6.30. The molecule has 0 saturated heterocycles. The topological polar surface area (TPSA) is 29.9 Å². The predicted molar refractivity (Wildman–Crippen MR) is 90.9 cm³/mol. The van der Waals surface area contributed by atoms with Crippen LogP contribution in [0.4, 0.5) is 0 Å². The molecular formula is C17H25N3S. The standard InChI is InChI=1S/C17H25N3S/c1-4-12-18-17(16-11-13-19-20(16)5-2)14-7-9-15(10-8-14)21-6-3/h7-11,13,17-18H,4-6,12H2,1-3H3. The molecule has 0 bridgehead atoms. The summed E-state index contributed by atoms with van der Waals surface area (Å²) in [5.41, 5.74) is 2.54. The number of benzene rings is 1. The molecule has 2 rings (SSSR count). The van der Waals surface area contributed by atoms with Gasteiger partial charge in [0.1, 0.15) is 0 Å². The first kappa shape index (κ1) is 16.1. The Morgan fingerprint density at radius 1 is 1.14 bits per heavy atom. The maximum absolute atomic E-state index is 4.41. The molecule has 0 saturated carbocycles. The summed E-state index contributed by atoms with van der Waals surface area (Å²) in [6.45, 7) is 8.42. The van der Waals surface area contributed by atoms with Crippen molar-refractivity contribution in [3.05, 3.63) is 47.8 Å². The van der Waals surface area contributed by atoms with Gasteiger partial charge in [-0.15, -0.1) is 11.8 Å². The Hall–Kier alpha value is -1.26. The van der Waals surface area contributed by atoms with E-state index < -0.39 is 0 Å². The second-order valence-electron chi connectivity index (χ2n) is 4.96. The Labute approximate surface area is 132 Å². The summed E-state index contributed by atoms with van der Waals surface area (Å²) in [4.78, 5) is 1.33. The van der Waals surface area contributed by atoms with Crippen molar-refractivity contribution >= 4 is 11.8 Å². The summed E-state index contributed by atoms with van der Waals surface area (Å²) < 4.78 is 2.07. The third-order valence-corrected chi connectivity index (χ3v) is 4.36. The Morgan fingerprint density at radius 2 is 1.90 bits per heavy atom. The van der Waals surface area contributed by atoms with Crippen molar-refractivity contribution < 1.29 is 0 Å². The van der Waals surface area contributed by atoms with Crippen molar-refractivity contribution in [2.24, 2.45) is 0 Å². The zero-order valence-electron chi connectivity index (χ0n) is 13.2. The molecule has 4 heteroatoms. The van der Waals surface area contributed by atoms with Gasteiger partial charge in [0.2, 0.25) is 0 Å². The number of hydrogen-bond donors (Lipinski definition) is 1. The van der Waals surface area contributed by atoms with Gasteiger partial charge in [-0.3, -0.25) is 4.68 Å². The van der Waals surface area contributed by atoms with Gasteiger partial charge in [0.25, 0.3) is 0 Å². The van der Waals surface area contributed by atoms with Crippen LogP contribution in [0.25, 0.3) is 0 Å². The van der Waals surface area contributed by atoms with Crippen LogP contribution < -0.4 is 5.32 Å². The number of hydrogen-bond acceptors (Lipinski definition) is 3. The van der Waals surface area contributed by atoms with E-state index in [2.05, 4.69) is 66.2 Å². The van der Waals surface area contributed by atoms with Crippen molar-refractivity contribution in [2.45, 2.75) is 44.7 Å². The number of nitrogens with one attached hydrogen (secondary N) is 1. The van der Waals surface area contributed by atoms with Gasteiger partial charge < -0.3 is 5.32 Å². The molecule has 3 nitrogen and oxygen atoms in total. The molecule has 114 valence electrons. The van der Waals surface area contributed by atoms with Crippen LogP contribution in [0, 0.1) is 0 Å². The van der Waals surface area contributed by atoms with E-state index in [9.17, 15) is 0 Å². The summed E-state index contributed by atoms with van der Waals surface area (Å²) >= 11 is 1.88. The monoisotopic (exact) mass is 303 g/mol. The molecule has 1 atom stereocenters. The molecule has 0 aliphatic carbocycles. The molecule has 1 N–H and O–H groups in total. The number of nitrogens with zero attached hydrogens (tertiary/aromatic N) is 2.